The standard InChI is InChI=1S/C18H23N5OS2/c1-11(2)23-10-20-22-18(23)25-12(3)16(24)21-17-14(9-19)13-7-5-4-6-8-15(13)26-17/h10-12H,4-8H2,1-3H3,(H,21,24). The van der Waals surface area contributed by atoms with Crippen LogP contribution in [-0.2, 0) is 17.6 Å². The molecule has 138 valence electrons. The molecule has 0 saturated heterocycles. The monoisotopic (exact) mass is 389 g/mol. The number of nitrogens with one attached hydrogen (secondary N) is 1. The van der Waals surface area contributed by atoms with Gasteiger partial charge < -0.3 is 9.88 Å². The number of thiophene rings is 1. The molecule has 0 aliphatic heterocycles. The Hall–Kier alpha value is -1.85. The number of aromatic nitrogens is 3. The number of aryl methyl sites for hydroxylation is 1. The Bertz CT molecular complexity index is 833. The van der Waals surface area contributed by atoms with Crippen LogP contribution in [0.4, 0.5) is 5.00 Å². The van der Waals surface area contributed by atoms with Crippen LogP contribution in [-0.4, -0.2) is 25.9 Å². The van der Waals surface area contributed by atoms with Crippen molar-refractivity contribution >= 4 is 34.0 Å². The summed E-state index contributed by atoms with van der Waals surface area (Å²) < 4.78 is 1.95. The normalized spacial score (nSPS) is 15.2. The maximum absolute atomic E-state index is 12.7. The number of carbonyl (C=O) groups excluding carboxylic acids is 1. The number of hydrogen-bond acceptors (Lipinski definition) is 6. The number of fused-ring (bicyclic) bond motifs is 1. The summed E-state index contributed by atoms with van der Waals surface area (Å²) in [5.41, 5.74) is 1.80. The Kier molecular flexibility index (Phi) is 5.99. The number of rotatable bonds is 5. The van der Waals surface area contributed by atoms with Crippen molar-refractivity contribution in [2.45, 2.75) is 69.3 Å². The Morgan fingerprint density at radius 3 is 2.85 bits per heavy atom. The van der Waals surface area contributed by atoms with Gasteiger partial charge in [-0.2, -0.15) is 5.26 Å². The molecule has 0 spiro atoms. The van der Waals surface area contributed by atoms with Gasteiger partial charge >= 0.3 is 0 Å². The highest BCUT2D eigenvalue weighted by Gasteiger charge is 2.24. The molecule has 1 aliphatic rings. The van der Waals surface area contributed by atoms with E-state index in [0.29, 0.717) is 10.6 Å². The summed E-state index contributed by atoms with van der Waals surface area (Å²) in [6.45, 7) is 5.95. The van der Waals surface area contributed by atoms with Gasteiger partial charge in [-0.1, -0.05) is 18.2 Å². The second-order valence-corrected chi connectivity index (χ2v) is 9.16. The molecule has 0 saturated carbocycles. The molecule has 2 aromatic rings. The molecular formula is C18H23N5OS2. The molecule has 0 radical (unpaired) electrons. The van der Waals surface area contributed by atoms with Gasteiger partial charge in [0.05, 0.1) is 10.8 Å². The zero-order valence-electron chi connectivity index (χ0n) is 15.3. The quantitative estimate of drug-likeness (QED) is 0.612. The number of carbonyl (C=O) groups is 1. The Morgan fingerprint density at radius 2 is 2.12 bits per heavy atom. The van der Waals surface area contributed by atoms with Gasteiger partial charge in [0.2, 0.25) is 5.91 Å². The number of nitrogens with zero attached hydrogens (tertiary/aromatic N) is 4. The van der Waals surface area contributed by atoms with E-state index >= 15 is 0 Å². The van der Waals surface area contributed by atoms with Crippen LogP contribution in [0.3, 0.4) is 0 Å². The minimum atomic E-state index is -0.329. The van der Waals surface area contributed by atoms with Crippen molar-refractivity contribution in [2.24, 2.45) is 0 Å². The first-order valence-electron chi connectivity index (χ1n) is 8.93. The molecule has 1 aliphatic carbocycles. The van der Waals surface area contributed by atoms with Crippen molar-refractivity contribution in [1.29, 1.82) is 5.26 Å². The number of thioether (sulfide) groups is 1. The number of hydrogen-bond donors (Lipinski definition) is 1. The zero-order valence-corrected chi connectivity index (χ0v) is 16.9. The first-order valence-corrected chi connectivity index (χ1v) is 10.6. The predicted octanol–water partition coefficient (Wildman–Crippen LogP) is 4.18. The molecule has 0 fully saturated rings. The molecule has 2 aromatic heterocycles. The SMILES string of the molecule is CC(Sc1nncn1C(C)C)C(=O)Nc1sc2c(c1C#N)CCCCC2. The van der Waals surface area contributed by atoms with Gasteiger partial charge in [-0.25, -0.2) is 0 Å². The highest BCUT2D eigenvalue weighted by molar-refractivity contribution is 8.00. The molecule has 1 atom stereocenters. The second kappa shape index (κ2) is 8.23. The van der Waals surface area contributed by atoms with Gasteiger partial charge in [0.25, 0.3) is 0 Å². The highest BCUT2D eigenvalue weighted by atomic mass is 32.2. The molecule has 1 amide bonds. The Balaban J connectivity index is 1.73. The molecule has 0 bridgehead atoms. The molecular weight excluding hydrogens is 366 g/mol. The number of nitriles is 1. The second-order valence-electron chi connectivity index (χ2n) is 6.74. The molecule has 2 heterocycles. The van der Waals surface area contributed by atoms with Crippen molar-refractivity contribution in [3.63, 3.8) is 0 Å². The maximum Gasteiger partial charge on any atom is 0.238 e. The lowest BCUT2D eigenvalue weighted by Crippen LogP contribution is -2.23. The number of anilines is 1. The van der Waals surface area contributed by atoms with Gasteiger partial charge in [-0.3, -0.25) is 4.79 Å². The van der Waals surface area contributed by atoms with Crippen LogP contribution in [0, 0.1) is 11.3 Å². The van der Waals surface area contributed by atoms with E-state index < -0.39 is 0 Å². The summed E-state index contributed by atoms with van der Waals surface area (Å²) in [5.74, 6) is -0.110. The van der Waals surface area contributed by atoms with Gasteiger partial charge in [0, 0.05) is 10.9 Å². The lowest BCUT2D eigenvalue weighted by atomic mass is 10.1. The summed E-state index contributed by atoms with van der Waals surface area (Å²) >= 11 is 2.95. The third-order valence-electron chi connectivity index (χ3n) is 4.52. The third kappa shape index (κ3) is 3.94. The number of amides is 1. The van der Waals surface area contributed by atoms with Crippen LogP contribution in [0.5, 0.6) is 0 Å². The fraction of sp³-hybridized carbons (Fsp3) is 0.556. The van der Waals surface area contributed by atoms with E-state index in [9.17, 15) is 10.1 Å². The summed E-state index contributed by atoms with van der Waals surface area (Å²) in [4.78, 5) is 13.9. The predicted molar refractivity (Wildman–Crippen MR) is 105 cm³/mol. The lowest BCUT2D eigenvalue weighted by Gasteiger charge is -2.13. The lowest BCUT2D eigenvalue weighted by molar-refractivity contribution is -0.115. The van der Waals surface area contributed by atoms with Crippen molar-refractivity contribution in [1.82, 2.24) is 14.8 Å². The van der Waals surface area contributed by atoms with E-state index in [-0.39, 0.29) is 17.2 Å². The van der Waals surface area contributed by atoms with E-state index in [1.165, 1.54) is 23.1 Å². The summed E-state index contributed by atoms with van der Waals surface area (Å²) in [6.07, 6.45) is 7.10. The Morgan fingerprint density at radius 1 is 1.35 bits per heavy atom. The van der Waals surface area contributed by atoms with E-state index in [4.69, 9.17) is 0 Å². The molecule has 1 N–H and O–H groups in total. The fourth-order valence-corrected chi connectivity index (χ4v) is 5.24. The smallest absolute Gasteiger partial charge is 0.238 e. The molecule has 6 nitrogen and oxygen atoms in total. The van der Waals surface area contributed by atoms with Gasteiger partial charge in [0.1, 0.15) is 17.4 Å². The highest BCUT2D eigenvalue weighted by Crippen LogP contribution is 2.37. The van der Waals surface area contributed by atoms with Gasteiger partial charge in [-0.05, 0) is 52.0 Å². The average Bonchev–Trinajstić information content (AvgIpc) is 3.12. The third-order valence-corrected chi connectivity index (χ3v) is 6.80. The molecule has 1 unspecified atom stereocenters. The first kappa shape index (κ1) is 18.9. The van der Waals surface area contributed by atoms with Crippen molar-refractivity contribution in [3.05, 3.63) is 22.3 Å². The van der Waals surface area contributed by atoms with Crippen molar-refractivity contribution < 1.29 is 4.79 Å². The minimum absolute atomic E-state index is 0.110. The maximum atomic E-state index is 12.7. The largest absolute Gasteiger partial charge is 0.316 e. The van der Waals surface area contributed by atoms with Crippen LogP contribution in [0.2, 0.25) is 0 Å². The van der Waals surface area contributed by atoms with Crippen molar-refractivity contribution in [2.75, 3.05) is 5.32 Å². The molecule has 0 aromatic carbocycles. The summed E-state index contributed by atoms with van der Waals surface area (Å²) in [5, 5.41) is 21.7. The molecule has 8 heteroatoms. The fourth-order valence-electron chi connectivity index (χ4n) is 3.04. The zero-order chi connectivity index (χ0) is 18.7. The molecule has 3 rings (SSSR count). The van der Waals surface area contributed by atoms with Crippen molar-refractivity contribution in [3.8, 4) is 6.07 Å². The first-order chi connectivity index (χ1) is 12.5. The molecule has 26 heavy (non-hydrogen) atoms. The van der Waals surface area contributed by atoms with E-state index in [2.05, 4.69) is 35.4 Å². The minimum Gasteiger partial charge on any atom is -0.316 e. The van der Waals surface area contributed by atoms with E-state index in [0.717, 1.165) is 36.4 Å². The van der Waals surface area contributed by atoms with Gasteiger partial charge in [0.15, 0.2) is 5.16 Å². The average molecular weight is 390 g/mol. The summed E-state index contributed by atoms with van der Waals surface area (Å²) in [6, 6.07) is 2.54. The van der Waals surface area contributed by atoms with E-state index in [1.807, 2.05) is 11.5 Å². The van der Waals surface area contributed by atoms with Gasteiger partial charge in [-0.15, -0.1) is 21.5 Å². The van der Waals surface area contributed by atoms with E-state index in [1.54, 1.807) is 17.7 Å². The van der Waals surface area contributed by atoms with Crippen LogP contribution in [0.25, 0.3) is 0 Å². The van der Waals surface area contributed by atoms with Crippen LogP contribution in [0.1, 0.15) is 62.1 Å². The Labute approximate surface area is 162 Å². The summed E-state index contributed by atoms with van der Waals surface area (Å²) in [7, 11) is 0. The topological polar surface area (TPSA) is 83.6 Å². The van der Waals surface area contributed by atoms with Crippen LogP contribution >= 0.6 is 23.1 Å². The van der Waals surface area contributed by atoms with Crippen LogP contribution < -0.4 is 5.32 Å². The van der Waals surface area contributed by atoms with Crippen LogP contribution in [0.15, 0.2) is 11.5 Å².